The number of ether oxygens (including phenoxy) is 1. The molecule has 0 spiro atoms. The van der Waals surface area contributed by atoms with Gasteiger partial charge in [0.25, 0.3) is 0 Å². The molecule has 0 aromatic heterocycles. The monoisotopic (exact) mass is 355 g/mol. The molecule has 0 aliphatic carbocycles. The molecule has 0 fully saturated rings. The van der Waals surface area contributed by atoms with Crippen LogP contribution in [-0.4, -0.2) is 30.1 Å². The van der Waals surface area contributed by atoms with E-state index in [1.165, 1.54) is 0 Å². The minimum absolute atomic E-state index is 0.0320. The van der Waals surface area contributed by atoms with Gasteiger partial charge in [0, 0.05) is 18.9 Å². The Kier molecular flexibility index (Phi) is 7.68. The Hall–Kier alpha value is -2.82. The van der Waals surface area contributed by atoms with Crippen LogP contribution in [0.1, 0.15) is 30.4 Å². The zero-order chi connectivity index (χ0) is 18.8. The van der Waals surface area contributed by atoms with Crippen LogP contribution in [0.15, 0.2) is 54.6 Å². The molecule has 2 aromatic carbocycles. The van der Waals surface area contributed by atoms with Crippen LogP contribution in [0.25, 0.3) is 0 Å². The number of benzene rings is 2. The Morgan fingerprint density at radius 2 is 1.73 bits per heavy atom. The first kappa shape index (κ1) is 19.5. The van der Waals surface area contributed by atoms with E-state index in [9.17, 15) is 9.59 Å². The Labute approximate surface area is 154 Å². The summed E-state index contributed by atoms with van der Waals surface area (Å²) in [5.41, 5.74) is 2.06. The van der Waals surface area contributed by atoms with E-state index in [-0.39, 0.29) is 18.4 Å². The quantitative estimate of drug-likeness (QED) is 0.686. The first-order chi connectivity index (χ1) is 12.6. The van der Waals surface area contributed by atoms with Crippen LogP contribution in [0.3, 0.4) is 0 Å². The third kappa shape index (κ3) is 6.59. The van der Waals surface area contributed by atoms with Gasteiger partial charge in [0.15, 0.2) is 0 Å². The molecule has 2 rings (SSSR count). The van der Waals surface area contributed by atoms with Crippen LogP contribution < -0.4 is 10.1 Å². The van der Waals surface area contributed by atoms with Crippen molar-refractivity contribution < 1.29 is 19.4 Å². The second-order valence-corrected chi connectivity index (χ2v) is 6.20. The summed E-state index contributed by atoms with van der Waals surface area (Å²) in [6, 6.07) is 17.2. The SMILES string of the molecule is COc1ccccc1CCC(=O)NC(CCC(=O)O)Cc1ccccc1. The highest BCUT2D eigenvalue weighted by Gasteiger charge is 2.15. The number of carbonyl (C=O) groups excluding carboxylic acids is 1. The molecule has 1 unspecified atom stereocenters. The van der Waals surface area contributed by atoms with Crippen LogP contribution in [0.5, 0.6) is 5.75 Å². The number of nitrogens with one attached hydrogen (secondary N) is 1. The van der Waals surface area contributed by atoms with Gasteiger partial charge >= 0.3 is 5.97 Å². The van der Waals surface area contributed by atoms with Gasteiger partial charge in [0.2, 0.25) is 5.91 Å². The van der Waals surface area contributed by atoms with Gasteiger partial charge in [-0.2, -0.15) is 0 Å². The van der Waals surface area contributed by atoms with Crippen LogP contribution in [-0.2, 0) is 22.4 Å². The van der Waals surface area contributed by atoms with Crippen molar-refractivity contribution in [2.24, 2.45) is 0 Å². The highest BCUT2D eigenvalue weighted by atomic mass is 16.5. The number of aryl methyl sites for hydroxylation is 1. The summed E-state index contributed by atoms with van der Waals surface area (Å²) in [6.07, 6.45) is 1.97. The van der Waals surface area contributed by atoms with Gasteiger partial charge in [-0.1, -0.05) is 48.5 Å². The molecule has 0 aliphatic heterocycles. The van der Waals surface area contributed by atoms with Gasteiger partial charge in [-0.25, -0.2) is 0 Å². The highest BCUT2D eigenvalue weighted by Crippen LogP contribution is 2.19. The molecule has 0 aliphatic rings. The van der Waals surface area contributed by atoms with Crippen molar-refractivity contribution >= 4 is 11.9 Å². The maximum Gasteiger partial charge on any atom is 0.303 e. The lowest BCUT2D eigenvalue weighted by atomic mass is 10.0. The molecular weight excluding hydrogens is 330 g/mol. The zero-order valence-corrected chi connectivity index (χ0v) is 15.0. The molecule has 5 heteroatoms. The number of amides is 1. The van der Waals surface area contributed by atoms with Crippen molar-refractivity contribution in [3.63, 3.8) is 0 Å². The summed E-state index contributed by atoms with van der Waals surface area (Å²) >= 11 is 0. The fourth-order valence-electron chi connectivity index (χ4n) is 2.88. The maximum atomic E-state index is 12.4. The van der Waals surface area contributed by atoms with Crippen molar-refractivity contribution in [1.29, 1.82) is 0 Å². The molecule has 138 valence electrons. The largest absolute Gasteiger partial charge is 0.496 e. The number of carboxylic acids is 1. The average molecular weight is 355 g/mol. The summed E-state index contributed by atoms with van der Waals surface area (Å²) in [7, 11) is 1.61. The first-order valence-electron chi connectivity index (χ1n) is 8.75. The number of hydrogen-bond donors (Lipinski definition) is 2. The summed E-state index contributed by atoms with van der Waals surface area (Å²) in [6.45, 7) is 0. The highest BCUT2D eigenvalue weighted by molar-refractivity contribution is 5.76. The van der Waals surface area contributed by atoms with Crippen LogP contribution in [0.2, 0.25) is 0 Å². The standard InChI is InChI=1S/C21H25NO4/c1-26-19-10-6-5-9-17(19)11-13-20(23)22-18(12-14-21(24)25)15-16-7-3-2-4-8-16/h2-10,18H,11-15H2,1H3,(H,22,23)(H,24,25). The lowest BCUT2D eigenvalue weighted by Gasteiger charge is -2.18. The van der Waals surface area contributed by atoms with Gasteiger partial charge in [-0.15, -0.1) is 0 Å². The molecule has 26 heavy (non-hydrogen) atoms. The van der Waals surface area contributed by atoms with Gasteiger partial charge in [0.05, 0.1) is 7.11 Å². The Morgan fingerprint density at radius 3 is 2.42 bits per heavy atom. The molecule has 1 atom stereocenters. The molecule has 1 amide bonds. The molecule has 0 saturated heterocycles. The predicted octanol–water partition coefficient (Wildman–Crippen LogP) is 3.22. The van der Waals surface area contributed by atoms with Crippen molar-refractivity contribution in [3.8, 4) is 5.75 Å². The van der Waals surface area contributed by atoms with Crippen molar-refractivity contribution in [2.75, 3.05) is 7.11 Å². The van der Waals surface area contributed by atoms with E-state index in [1.807, 2.05) is 54.6 Å². The number of methoxy groups -OCH3 is 1. The average Bonchev–Trinajstić information content (AvgIpc) is 2.65. The van der Waals surface area contributed by atoms with Gasteiger partial charge < -0.3 is 15.2 Å². The van der Waals surface area contributed by atoms with Crippen molar-refractivity contribution in [3.05, 3.63) is 65.7 Å². The maximum absolute atomic E-state index is 12.4. The van der Waals surface area contributed by atoms with E-state index in [0.29, 0.717) is 25.7 Å². The molecule has 0 saturated carbocycles. The number of carbonyl (C=O) groups is 2. The van der Waals surface area contributed by atoms with Gasteiger partial charge in [0.1, 0.15) is 5.75 Å². The number of carboxylic acid groups (broad SMARTS) is 1. The number of rotatable bonds is 10. The van der Waals surface area contributed by atoms with Crippen LogP contribution in [0, 0.1) is 0 Å². The number of hydrogen-bond acceptors (Lipinski definition) is 3. The number of aliphatic carboxylic acids is 1. The second-order valence-electron chi connectivity index (χ2n) is 6.20. The van der Waals surface area contributed by atoms with E-state index in [0.717, 1.165) is 16.9 Å². The van der Waals surface area contributed by atoms with Crippen LogP contribution in [0.4, 0.5) is 0 Å². The third-order valence-corrected chi connectivity index (χ3v) is 4.21. The fraction of sp³-hybridized carbons (Fsp3) is 0.333. The molecule has 0 heterocycles. The summed E-state index contributed by atoms with van der Waals surface area (Å²) in [4.78, 5) is 23.3. The molecule has 0 bridgehead atoms. The topological polar surface area (TPSA) is 75.6 Å². The predicted molar refractivity (Wildman–Crippen MR) is 100 cm³/mol. The molecule has 2 aromatic rings. The summed E-state index contributed by atoms with van der Waals surface area (Å²) < 4.78 is 5.31. The van der Waals surface area contributed by atoms with E-state index in [4.69, 9.17) is 9.84 Å². The van der Waals surface area contributed by atoms with E-state index in [2.05, 4.69) is 5.32 Å². The minimum atomic E-state index is -0.855. The van der Waals surface area contributed by atoms with Gasteiger partial charge in [-0.3, -0.25) is 9.59 Å². The lowest BCUT2D eigenvalue weighted by Crippen LogP contribution is -2.37. The van der Waals surface area contributed by atoms with E-state index in [1.54, 1.807) is 7.11 Å². The Balaban J connectivity index is 1.93. The zero-order valence-electron chi connectivity index (χ0n) is 15.0. The third-order valence-electron chi connectivity index (χ3n) is 4.21. The van der Waals surface area contributed by atoms with Crippen LogP contribution >= 0.6 is 0 Å². The lowest BCUT2D eigenvalue weighted by molar-refractivity contribution is -0.137. The number of para-hydroxylation sites is 1. The van der Waals surface area contributed by atoms with E-state index < -0.39 is 5.97 Å². The fourth-order valence-corrected chi connectivity index (χ4v) is 2.88. The summed E-state index contributed by atoms with van der Waals surface area (Å²) in [5, 5.41) is 11.9. The summed E-state index contributed by atoms with van der Waals surface area (Å²) in [5.74, 6) is -0.166. The van der Waals surface area contributed by atoms with Crippen molar-refractivity contribution in [2.45, 2.75) is 38.1 Å². The molecular formula is C21H25NO4. The Morgan fingerprint density at radius 1 is 1.04 bits per heavy atom. The van der Waals surface area contributed by atoms with Crippen molar-refractivity contribution in [1.82, 2.24) is 5.32 Å². The Bertz CT molecular complexity index is 715. The first-order valence-corrected chi connectivity index (χ1v) is 8.75. The smallest absolute Gasteiger partial charge is 0.303 e. The van der Waals surface area contributed by atoms with E-state index >= 15 is 0 Å². The molecule has 0 radical (unpaired) electrons. The minimum Gasteiger partial charge on any atom is -0.496 e. The second kappa shape index (κ2) is 10.2. The molecule has 2 N–H and O–H groups in total. The normalized spacial score (nSPS) is 11.6. The molecule has 5 nitrogen and oxygen atoms in total. The van der Waals surface area contributed by atoms with Gasteiger partial charge in [-0.05, 0) is 36.5 Å².